The Morgan fingerprint density at radius 2 is 1.69 bits per heavy atom. The number of ether oxygens (including phenoxy) is 1. The molecular weight excluding hydrogens is 456 g/mol. The molecular formula is C28H38N4O4. The zero-order valence-electron chi connectivity index (χ0n) is 21.2. The number of nitrogens with one attached hydrogen (secondary N) is 1. The summed E-state index contributed by atoms with van der Waals surface area (Å²) in [6.45, 7) is 4.68. The van der Waals surface area contributed by atoms with Gasteiger partial charge >= 0.3 is 0 Å². The Labute approximate surface area is 213 Å². The predicted octanol–water partition coefficient (Wildman–Crippen LogP) is 1.93. The quantitative estimate of drug-likeness (QED) is 0.651. The minimum absolute atomic E-state index is 0.00694. The summed E-state index contributed by atoms with van der Waals surface area (Å²) in [6, 6.07) is 6.67. The van der Waals surface area contributed by atoms with Crippen LogP contribution in [0.4, 0.5) is 5.69 Å². The van der Waals surface area contributed by atoms with Crippen LogP contribution in [-0.4, -0.2) is 92.0 Å². The van der Waals surface area contributed by atoms with Gasteiger partial charge in [-0.1, -0.05) is 12.8 Å². The van der Waals surface area contributed by atoms with E-state index >= 15 is 0 Å². The summed E-state index contributed by atoms with van der Waals surface area (Å²) in [5, 5.41) is 3.11. The van der Waals surface area contributed by atoms with Crippen molar-refractivity contribution in [3.63, 3.8) is 0 Å². The van der Waals surface area contributed by atoms with E-state index in [2.05, 4.69) is 22.2 Å². The molecule has 1 N–H and O–H groups in total. The number of anilines is 1. The summed E-state index contributed by atoms with van der Waals surface area (Å²) in [5.41, 5.74) is 1.69. The molecule has 8 heteroatoms. The van der Waals surface area contributed by atoms with Crippen LogP contribution in [0.15, 0.2) is 24.3 Å². The Bertz CT molecular complexity index is 995. The Morgan fingerprint density at radius 3 is 2.36 bits per heavy atom. The molecule has 1 aromatic rings. The van der Waals surface area contributed by atoms with Crippen molar-refractivity contribution in [2.45, 2.75) is 56.7 Å². The number of amides is 2. The first-order valence-electron chi connectivity index (χ1n) is 13.8. The molecule has 3 aliphatic heterocycles. The number of nitrogens with zero attached hydrogens (tertiary/aromatic N) is 3. The first kappa shape index (κ1) is 23.9. The molecule has 0 aromatic heterocycles. The van der Waals surface area contributed by atoms with Crippen LogP contribution in [0.25, 0.3) is 0 Å². The Hall–Kier alpha value is -2.45. The summed E-state index contributed by atoms with van der Waals surface area (Å²) in [5.74, 6) is 0.608. The van der Waals surface area contributed by atoms with Gasteiger partial charge in [-0.05, 0) is 68.8 Å². The highest BCUT2D eigenvalue weighted by Gasteiger charge is 2.57. The van der Waals surface area contributed by atoms with Crippen molar-refractivity contribution in [3.05, 3.63) is 29.8 Å². The van der Waals surface area contributed by atoms with Crippen LogP contribution < -0.4 is 10.2 Å². The van der Waals surface area contributed by atoms with Gasteiger partial charge in [-0.25, -0.2) is 0 Å². The molecule has 0 bridgehead atoms. The molecule has 2 aliphatic carbocycles. The summed E-state index contributed by atoms with van der Waals surface area (Å²) in [7, 11) is 2.14. The molecule has 5 aliphatic rings. The lowest BCUT2D eigenvalue weighted by atomic mass is 9.95. The number of rotatable bonds is 6. The lowest BCUT2D eigenvalue weighted by Gasteiger charge is -2.34. The van der Waals surface area contributed by atoms with E-state index in [9.17, 15) is 14.4 Å². The molecule has 1 unspecified atom stereocenters. The van der Waals surface area contributed by atoms with Crippen LogP contribution in [0, 0.1) is 17.8 Å². The number of hydrogen-bond acceptors (Lipinski definition) is 6. The number of hydrogen-bond donors (Lipinski definition) is 1. The molecule has 6 rings (SSSR count). The lowest BCUT2D eigenvalue weighted by Crippen LogP contribution is -2.54. The minimum atomic E-state index is -0.593. The van der Waals surface area contributed by atoms with Gasteiger partial charge in [0.25, 0.3) is 5.91 Å². The van der Waals surface area contributed by atoms with Crippen molar-refractivity contribution in [3.8, 4) is 0 Å². The molecule has 5 fully saturated rings. The smallest absolute Gasteiger partial charge is 0.251 e. The minimum Gasteiger partial charge on any atom is -0.369 e. The van der Waals surface area contributed by atoms with Crippen molar-refractivity contribution in [2.24, 2.45) is 17.8 Å². The SMILES string of the molecule is CN1CCN(c2ccc(C(=O)NC(C(=O)N3C[C@H](C4CC4)[C@@H]4OCC(=O)[C@H]43)C3CCCC3)cc2)CC1. The molecule has 8 nitrogen and oxygen atoms in total. The van der Waals surface area contributed by atoms with Crippen LogP contribution in [0.2, 0.25) is 0 Å². The Kier molecular flexibility index (Phi) is 6.50. The Morgan fingerprint density at radius 1 is 1.00 bits per heavy atom. The monoisotopic (exact) mass is 494 g/mol. The maximum atomic E-state index is 14.0. The molecule has 0 spiro atoms. The summed E-state index contributed by atoms with van der Waals surface area (Å²) < 4.78 is 5.87. The molecule has 36 heavy (non-hydrogen) atoms. The van der Waals surface area contributed by atoms with Gasteiger partial charge in [0.1, 0.15) is 18.7 Å². The molecule has 3 saturated heterocycles. The third kappa shape index (κ3) is 4.54. The molecule has 194 valence electrons. The molecule has 0 radical (unpaired) electrons. The number of carbonyl (C=O) groups excluding carboxylic acids is 3. The van der Waals surface area contributed by atoms with Gasteiger partial charge in [0.05, 0.1) is 6.10 Å². The second-order valence-corrected chi connectivity index (χ2v) is 11.5. The molecule has 2 amide bonds. The van der Waals surface area contributed by atoms with Crippen molar-refractivity contribution in [1.29, 1.82) is 0 Å². The second kappa shape index (κ2) is 9.78. The van der Waals surface area contributed by atoms with E-state index < -0.39 is 12.1 Å². The van der Waals surface area contributed by atoms with Gasteiger partial charge < -0.3 is 24.8 Å². The number of benzene rings is 1. The third-order valence-electron chi connectivity index (χ3n) is 9.16. The van der Waals surface area contributed by atoms with Gasteiger partial charge in [0.15, 0.2) is 5.78 Å². The van der Waals surface area contributed by atoms with E-state index in [0.717, 1.165) is 70.4 Å². The fourth-order valence-electron chi connectivity index (χ4n) is 6.82. The van der Waals surface area contributed by atoms with Gasteiger partial charge in [0.2, 0.25) is 5.91 Å². The number of likely N-dealkylation sites (tertiary alicyclic amines) is 1. The fraction of sp³-hybridized carbons (Fsp3) is 0.679. The predicted molar refractivity (Wildman–Crippen MR) is 136 cm³/mol. The highest BCUT2D eigenvalue weighted by molar-refractivity contribution is 5.99. The van der Waals surface area contributed by atoms with E-state index in [-0.39, 0.29) is 42.1 Å². The van der Waals surface area contributed by atoms with Gasteiger partial charge in [-0.2, -0.15) is 0 Å². The first-order valence-corrected chi connectivity index (χ1v) is 13.8. The number of ketones is 1. The van der Waals surface area contributed by atoms with Gasteiger partial charge in [-0.3, -0.25) is 14.4 Å². The van der Waals surface area contributed by atoms with Crippen molar-refractivity contribution in [2.75, 3.05) is 51.3 Å². The van der Waals surface area contributed by atoms with Crippen molar-refractivity contribution in [1.82, 2.24) is 15.1 Å². The maximum absolute atomic E-state index is 14.0. The number of carbonyl (C=O) groups is 3. The average Bonchev–Trinajstić information content (AvgIpc) is 3.27. The Balaban J connectivity index is 1.17. The van der Waals surface area contributed by atoms with Crippen LogP contribution in [-0.2, 0) is 14.3 Å². The van der Waals surface area contributed by atoms with Crippen LogP contribution >= 0.6 is 0 Å². The fourth-order valence-corrected chi connectivity index (χ4v) is 6.82. The average molecular weight is 495 g/mol. The van der Waals surface area contributed by atoms with Gasteiger partial charge in [0, 0.05) is 49.9 Å². The largest absolute Gasteiger partial charge is 0.369 e. The van der Waals surface area contributed by atoms with E-state index in [4.69, 9.17) is 4.74 Å². The normalized spacial score (nSPS) is 30.0. The number of likely N-dealkylation sites (N-methyl/N-ethyl adjacent to an activating group) is 1. The maximum Gasteiger partial charge on any atom is 0.251 e. The third-order valence-corrected chi connectivity index (χ3v) is 9.16. The zero-order valence-corrected chi connectivity index (χ0v) is 21.2. The summed E-state index contributed by atoms with van der Waals surface area (Å²) in [4.78, 5) is 46.4. The molecule has 4 atom stereocenters. The topological polar surface area (TPSA) is 82.2 Å². The standard InChI is InChI=1S/C28H38N4O4/c1-30-12-14-31(15-13-30)21-10-8-20(9-11-21)27(34)29-24(19-4-2-3-5-19)28(35)32-16-22(18-6-7-18)26-25(32)23(33)17-36-26/h8-11,18-19,22,24-26H,2-7,12-17H2,1H3,(H,29,34)/t22-,24?,25-,26+/m1/s1. The summed E-state index contributed by atoms with van der Waals surface area (Å²) >= 11 is 0. The van der Waals surface area contributed by atoms with Crippen molar-refractivity contribution >= 4 is 23.3 Å². The zero-order chi connectivity index (χ0) is 24.8. The second-order valence-electron chi connectivity index (χ2n) is 11.5. The van der Waals surface area contributed by atoms with Crippen LogP contribution in [0.1, 0.15) is 48.9 Å². The van der Waals surface area contributed by atoms with Crippen LogP contribution in [0.5, 0.6) is 0 Å². The highest BCUT2D eigenvalue weighted by atomic mass is 16.5. The molecule has 1 aromatic carbocycles. The van der Waals surface area contributed by atoms with Crippen molar-refractivity contribution < 1.29 is 19.1 Å². The van der Waals surface area contributed by atoms with E-state index in [1.807, 2.05) is 24.3 Å². The highest BCUT2D eigenvalue weighted by Crippen LogP contribution is 2.46. The number of Topliss-reactive ketones (excluding diaryl/α,β-unsaturated/α-hetero) is 1. The van der Waals surface area contributed by atoms with E-state index in [1.165, 1.54) is 0 Å². The van der Waals surface area contributed by atoms with Gasteiger partial charge in [-0.15, -0.1) is 0 Å². The molecule has 2 saturated carbocycles. The van der Waals surface area contributed by atoms with Crippen LogP contribution in [0.3, 0.4) is 0 Å². The van der Waals surface area contributed by atoms with E-state index in [1.54, 1.807) is 4.90 Å². The first-order chi connectivity index (χ1) is 17.5. The lowest BCUT2D eigenvalue weighted by molar-refractivity contribution is -0.139. The van der Waals surface area contributed by atoms with E-state index in [0.29, 0.717) is 18.0 Å². The molecule has 3 heterocycles. The number of fused-ring (bicyclic) bond motifs is 1. The number of piperazine rings is 1. The summed E-state index contributed by atoms with van der Waals surface area (Å²) in [6.07, 6.45) is 6.14.